The van der Waals surface area contributed by atoms with Crippen LogP contribution in [0.4, 0.5) is 11.6 Å². The number of halogens is 1. The molecular weight excluding hydrogens is 525 g/mol. The summed E-state index contributed by atoms with van der Waals surface area (Å²) in [6.45, 7) is 3.61. The Labute approximate surface area is 208 Å². The van der Waals surface area contributed by atoms with Crippen molar-refractivity contribution in [3.63, 3.8) is 0 Å². The van der Waals surface area contributed by atoms with Crippen molar-refractivity contribution < 1.29 is 4.79 Å². The van der Waals surface area contributed by atoms with Crippen LogP contribution in [0, 0.1) is 3.57 Å². The zero-order valence-corrected chi connectivity index (χ0v) is 20.7. The van der Waals surface area contributed by atoms with Crippen LogP contribution < -0.4 is 5.32 Å². The Hall–Kier alpha value is -2.52. The number of aromatic nitrogens is 2. The quantitative estimate of drug-likeness (QED) is 0.441. The second-order valence-corrected chi connectivity index (χ2v) is 9.99. The van der Waals surface area contributed by atoms with E-state index in [-0.39, 0.29) is 5.91 Å². The summed E-state index contributed by atoms with van der Waals surface area (Å²) >= 11 is 2.29. The summed E-state index contributed by atoms with van der Waals surface area (Å²) < 4.78 is 1.19. The molecule has 0 atom stereocenters. The summed E-state index contributed by atoms with van der Waals surface area (Å²) in [4.78, 5) is 26.5. The van der Waals surface area contributed by atoms with Crippen molar-refractivity contribution in [3.8, 4) is 11.3 Å². The monoisotopic (exact) mass is 553 g/mol. The lowest BCUT2D eigenvalue weighted by Gasteiger charge is -2.38. The highest BCUT2D eigenvalue weighted by Gasteiger charge is 2.28. The van der Waals surface area contributed by atoms with Crippen molar-refractivity contribution in [1.29, 1.82) is 0 Å². The van der Waals surface area contributed by atoms with Gasteiger partial charge in [0.1, 0.15) is 0 Å². The van der Waals surface area contributed by atoms with Gasteiger partial charge in [0, 0.05) is 58.8 Å². The summed E-state index contributed by atoms with van der Waals surface area (Å²) in [5, 5.41) is 3.25. The van der Waals surface area contributed by atoms with Crippen molar-refractivity contribution in [2.24, 2.45) is 0 Å². The van der Waals surface area contributed by atoms with Gasteiger partial charge in [-0.2, -0.15) is 0 Å². The summed E-state index contributed by atoms with van der Waals surface area (Å²) in [5.74, 6) is 0.651. The minimum absolute atomic E-state index is 0.115. The number of hydrogen-bond acceptors (Lipinski definition) is 5. The van der Waals surface area contributed by atoms with Gasteiger partial charge in [0.25, 0.3) is 5.91 Å². The molecule has 170 valence electrons. The van der Waals surface area contributed by atoms with Gasteiger partial charge >= 0.3 is 0 Å². The number of hydrogen-bond donors (Lipinski definition) is 1. The van der Waals surface area contributed by atoms with Gasteiger partial charge in [-0.3, -0.25) is 9.69 Å². The Balaban J connectivity index is 1.20. The Bertz CT molecular complexity index is 1090. The first-order valence-corrected chi connectivity index (χ1v) is 12.7. The van der Waals surface area contributed by atoms with Gasteiger partial charge < -0.3 is 10.2 Å². The van der Waals surface area contributed by atoms with Crippen LogP contribution in [0.2, 0.25) is 0 Å². The van der Waals surface area contributed by atoms with Gasteiger partial charge in [0.2, 0.25) is 5.95 Å². The fourth-order valence-electron chi connectivity index (χ4n) is 4.77. The SMILES string of the molecule is O=C(c1ccc(Nc2nccc(-c3ccc(I)cc3)n2)cc1)N1CCN(C2CCCC2)CC1. The molecule has 2 aliphatic rings. The molecule has 1 N–H and O–H groups in total. The molecule has 3 aromatic rings. The minimum Gasteiger partial charge on any atom is -0.336 e. The molecule has 0 unspecified atom stereocenters. The number of nitrogens with zero attached hydrogens (tertiary/aromatic N) is 4. The topological polar surface area (TPSA) is 61.4 Å². The number of carbonyl (C=O) groups excluding carboxylic acids is 1. The van der Waals surface area contributed by atoms with E-state index < -0.39 is 0 Å². The van der Waals surface area contributed by atoms with Gasteiger partial charge in [0.15, 0.2) is 0 Å². The number of carbonyl (C=O) groups is 1. The molecule has 2 heterocycles. The lowest BCUT2D eigenvalue weighted by Crippen LogP contribution is -2.51. The van der Waals surface area contributed by atoms with E-state index >= 15 is 0 Å². The highest BCUT2D eigenvalue weighted by Crippen LogP contribution is 2.25. The number of anilines is 2. The molecule has 1 aliphatic heterocycles. The molecule has 6 nitrogen and oxygen atoms in total. The molecule has 0 radical (unpaired) electrons. The van der Waals surface area contributed by atoms with Crippen LogP contribution in [0.1, 0.15) is 36.0 Å². The lowest BCUT2D eigenvalue weighted by molar-refractivity contribution is 0.0573. The second kappa shape index (κ2) is 10.2. The van der Waals surface area contributed by atoms with Crippen LogP contribution in [0.15, 0.2) is 60.8 Å². The molecule has 0 bridgehead atoms. The molecule has 1 aliphatic carbocycles. The van der Waals surface area contributed by atoms with Crippen LogP contribution in [-0.4, -0.2) is 57.9 Å². The molecule has 33 heavy (non-hydrogen) atoms. The maximum atomic E-state index is 13.0. The summed E-state index contributed by atoms with van der Waals surface area (Å²) in [6.07, 6.45) is 7.10. The van der Waals surface area contributed by atoms with Crippen LogP contribution in [-0.2, 0) is 0 Å². The Morgan fingerprint density at radius 2 is 1.61 bits per heavy atom. The third-order valence-corrected chi connectivity index (χ3v) is 7.35. The van der Waals surface area contributed by atoms with E-state index in [9.17, 15) is 4.79 Å². The smallest absolute Gasteiger partial charge is 0.253 e. The van der Waals surface area contributed by atoms with E-state index in [1.807, 2.05) is 35.2 Å². The first kappa shape index (κ1) is 22.3. The highest BCUT2D eigenvalue weighted by atomic mass is 127. The molecule has 1 saturated heterocycles. The zero-order valence-electron chi connectivity index (χ0n) is 18.6. The van der Waals surface area contributed by atoms with Crippen molar-refractivity contribution in [1.82, 2.24) is 19.8 Å². The molecule has 5 rings (SSSR count). The van der Waals surface area contributed by atoms with E-state index in [0.717, 1.165) is 54.7 Å². The van der Waals surface area contributed by atoms with E-state index in [0.29, 0.717) is 5.95 Å². The van der Waals surface area contributed by atoms with Gasteiger partial charge in [-0.05, 0) is 77.9 Å². The van der Waals surface area contributed by atoms with Gasteiger partial charge in [-0.25, -0.2) is 9.97 Å². The van der Waals surface area contributed by atoms with E-state index in [1.54, 1.807) is 6.20 Å². The van der Waals surface area contributed by atoms with Crippen molar-refractivity contribution in [2.45, 2.75) is 31.7 Å². The normalized spacial score (nSPS) is 17.3. The van der Waals surface area contributed by atoms with Crippen LogP contribution >= 0.6 is 22.6 Å². The van der Waals surface area contributed by atoms with Crippen molar-refractivity contribution in [3.05, 3.63) is 69.9 Å². The highest BCUT2D eigenvalue weighted by molar-refractivity contribution is 14.1. The van der Waals surface area contributed by atoms with Gasteiger partial charge in [0.05, 0.1) is 5.69 Å². The third-order valence-electron chi connectivity index (χ3n) is 6.63. The molecule has 1 saturated carbocycles. The maximum Gasteiger partial charge on any atom is 0.253 e. The molecule has 7 heteroatoms. The number of piperazine rings is 1. The fourth-order valence-corrected chi connectivity index (χ4v) is 5.13. The number of rotatable bonds is 5. The Morgan fingerprint density at radius 3 is 2.30 bits per heavy atom. The van der Waals surface area contributed by atoms with Gasteiger partial charge in [-0.1, -0.05) is 25.0 Å². The molecule has 2 fully saturated rings. The number of benzene rings is 2. The zero-order chi connectivity index (χ0) is 22.6. The fraction of sp³-hybridized carbons (Fsp3) is 0.346. The van der Waals surface area contributed by atoms with Gasteiger partial charge in [-0.15, -0.1) is 0 Å². The first-order chi connectivity index (χ1) is 16.2. The van der Waals surface area contributed by atoms with Crippen LogP contribution in [0.5, 0.6) is 0 Å². The second-order valence-electron chi connectivity index (χ2n) is 8.74. The summed E-state index contributed by atoms with van der Waals surface area (Å²) in [7, 11) is 0. The maximum absolute atomic E-state index is 13.0. The minimum atomic E-state index is 0.115. The van der Waals surface area contributed by atoms with E-state index in [4.69, 9.17) is 0 Å². The Morgan fingerprint density at radius 1 is 0.909 bits per heavy atom. The van der Waals surface area contributed by atoms with Crippen molar-refractivity contribution >= 4 is 40.1 Å². The number of amides is 1. The molecule has 0 spiro atoms. The molecule has 2 aromatic carbocycles. The molecular formula is C26H28IN5O. The first-order valence-electron chi connectivity index (χ1n) is 11.7. The standard InChI is InChI=1S/C26H28IN5O/c27-21-9-5-19(6-10-21)24-13-14-28-26(30-24)29-22-11-7-20(8-12-22)25(33)32-17-15-31(16-18-32)23-3-1-2-4-23/h5-14,23H,1-4,15-18H2,(H,28,29,30). The Kier molecular flexibility index (Phi) is 6.87. The summed E-state index contributed by atoms with van der Waals surface area (Å²) in [5.41, 5.74) is 3.50. The third kappa shape index (κ3) is 5.35. The van der Waals surface area contributed by atoms with E-state index in [2.05, 4.69) is 67.0 Å². The largest absolute Gasteiger partial charge is 0.336 e. The predicted molar refractivity (Wildman–Crippen MR) is 140 cm³/mol. The average molecular weight is 553 g/mol. The number of nitrogens with one attached hydrogen (secondary N) is 1. The average Bonchev–Trinajstić information content (AvgIpc) is 3.40. The molecule has 1 aromatic heterocycles. The van der Waals surface area contributed by atoms with Crippen molar-refractivity contribution in [2.75, 3.05) is 31.5 Å². The lowest BCUT2D eigenvalue weighted by atomic mass is 10.1. The molecule has 1 amide bonds. The predicted octanol–water partition coefficient (Wildman–Crippen LogP) is 5.19. The van der Waals surface area contributed by atoms with Crippen LogP contribution in [0.3, 0.4) is 0 Å². The van der Waals surface area contributed by atoms with Crippen LogP contribution in [0.25, 0.3) is 11.3 Å². The summed E-state index contributed by atoms with van der Waals surface area (Å²) in [6, 6.07) is 18.5. The van der Waals surface area contributed by atoms with E-state index in [1.165, 1.54) is 29.3 Å².